The van der Waals surface area contributed by atoms with E-state index in [1.165, 1.54) is 20.2 Å². The Balaban J connectivity index is 1.91. The van der Waals surface area contributed by atoms with Crippen molar-refractivity contribution in [1.82, 2.24) is 4.72 Å². The minimum absolute atomic E-state index is 0.0996. The number of aryl methyl sites for hydroxylation is 1. The van der Waals surface area contributed by atoms with Crippen molar-refractivity contribution in [2.24, 2.45) is 0 Å². The Morgan fingerprint density at radius 1 is 1.15 bits per heavy atom. The summed E-state index contributed by atoms with van der Waals surface area (Å²) < 4.78 is 42.8. The van der Waals surface area contributed by atoms with Gasteiger partial charge in [-0.25, -0.2) is 13.1 Å². The van der Waals surface area contributed by atoms with Crippen LogP contribution in [0, 0.1) is 6.92 Å². The van der Waals surface area contributed by atoms with Crippen LogP contribution < -0.4 is 24.2 Å². The largest absolute Gasteiger partial charge is 0.493 e. The molecule has 9 heteroatoms. The van der Waals surface area contributed by atoms with Gasteiger partial charge in [-0.15, -0.1) is 0 Å². The van der Waals surface area contributed by atoms with Gasteiger partial charge in [-0.05, 0) is 43.8 Å². The fourth-order valence-corrected chi connectivity index (χ4v) is 3.68. The molecule has 0 aromatic heterocycles. The van der Waals surface area contributed by atoms with Crippen LogP contribution in [-0.4, -0.2) is 41.7 Å². The third kappa shape index (κ3) is 3.83. The number of ether oxygens (including phenoxy) is 3. The Kier molecular flexibility index (Phi) is 5.24. The first-order valence-electron chi connectivity index (χ1n) is 8.19. The average Bonchev–Trinajstić information content (AvgIpc) is 2.68. The number of rotatable bonds is 5. The summed E-state index contributed by atoms with van der Waals surface area (Å²) in [5, 5.41) is 2.70. The molecular formula is C18H20N2O6S. The van der Waals surface area contributed by atoms with Crippen molar-refractivity contribution in [1.29, 1.82) is 0 Å². The van der Waals surface area contributed by atoms with Crippen molar-refractivity contribution < 1.29 is 27.4 Å². The molecule has 0 saturated carbocycles. The van der Waals surface area contributed by atoms with Gasteiger partial charge in [-0.1, -0.05) is 6.07 Å². The fraction of sp³-hybridized carbons (Fsp3) is 0.278. The number of hydrogen-bond donors (Lipinski definition) is 2. The van der Waals surface area contributed by atoms with E-state index < -0.39 is 15.9 Å². The van der Waals surface area contributed by atoms with Crippen LogP contribution in [0.25, 0.3) is 0 Å². The second kappa shape index (κ2) is 7.45. The van der Waals surface area contributed by atoms with Crippen LogP contribution >= 0.6 is 0 Å². The highest BCUT2D eigenvalue weighted by Gasteiger charge is 2.21. The van der Waals surface area contributed by atoms with Gasteiger partial charge in [0.15, 0.2) is 11.5 Å². The van der Waals surface area contributed by atoms with Crippen molar-refractivity contribution in [3.05, 3.63) is 41.5 Å². The third-order valence-electron chi connectivity index (χ3n) is 4.09. The smallest absolute Gasteiger partial charge is 0.255 e. The molecule has 1 heterocycles. The Morgan fingerprint density at radius 2 is 1.89 bits per heavy atom. The number of anilines is 1. The summed E-state index contributed by atoms with van der Waals surface area (Å²) in [5.74, 6) is 0.841. The molecule has 0 spiro atoms. The summed E-state index contributed by atoms with van der Waals surface area (Å²) in [7, 11) is -0.821. The molecule has 2 aromatic carbocycles. The van der Waals surface area contributed by atoms with E-state index in [2.05, 4.69) is 10.0 Å². The number of carbonyl (C=O) groups excluding carboxylic acids is 1. The zero-order valence-corrected chi connectivity index (χ0v) is 16.0. The highest BCUT2D eigenvalue weighted by atomic mass is 32.2. The summed E-state index contributed by atoms with van der Waals surface area (Å²) in [6.45, 7) is 2.47. The molecule has 0 aliphatic carbocycles. The Labute approximate surface area is 157 Å². The zero-order chi connectivity index (χ0) is 19.6. The van der Waals surface area contributed by atoms with Crippen LogP contribution in [0.5, 0.6) is 17.2 Å². The normalized spacial score (nSPS) is 13.1. The first-order valence-corrected chi connectivity index (χ1v) is 9.67. The molecule has 0 fully saturated rings. The molecule has 1 amide bonds. The molecule has 0 radical (unpaired) electrons. The highest BCUT2D eigenvalue weighted by Crippen LogP contribution is 2.40. The summed E-state index contributed by atoms with van der Waals surface area (Å²) in [4.78, 5) is 12.8. The maximum atomic E-state index is 12.7. The lowest BCUT2D eigenvalue weighted by Gasteiger charge is -2.21. The van der Waals surface area contributed by atoms with Gasteiger partial charge in [-0.2, -0.15) is 0 Å². The number of carbonyl (C=O) groups is 1. The van der Waals surface area contributed by atoms with Gasteiger partial charge in [0.25, 0.3) is 5.91 Å². The number of sulfonamides is 1. The quantitative estimate of drug-likeness (QED) is 0.806. The monoisotopic (exact) mass is 392 g/mol. The van der Waals surface area contributed by atoms with E-state index >= 15 is 0 Å². The van der Waals surface area contributed by atoms with Gasteiger partial charge in [0.2, 0.25) is 15.8 Å². The van der Waals surface area contributed by atoms with Crippen molar-refractivity contribution in [2.75, 3.05) is 32.7 Å². The standard InChI is InChI=1S/C18H20N2O6S/c1-11-4-5-13(10-16(11)27(22,23)19-2)20-18(21)12-8-14(24-3)17-15(9-12)25-6-7-26-17/h4-5,8-10,19H,6-7H2,1-3H3,(H,20,21). The minimum Gasteiger partial charge on any atom is -0.493 e. The lowest BCUT2D eigenvalue weighted by atomic mass is 10.1. The molecule has 2 N–H and O–H groups in total. The highest BCUT2D eigenvalue weighted by molar-refractivity contribution is 7.89. The van der Waals surface area contributed by atoms with Crippen molar-refractivity contribution in [3.63, 3.8) is 0 Å². The Morgan fingerprint density at radius 3 is 2.59 bits per heavy atom. The van der Waals surface area contributed by atoms with Gasteiger partial charge in [0.1, 0.15) is 13.2 Å². The van der Waals surface area contributed by atoms with Gasteiger partial charge >= 0.3 is 0 Å². The molecule has 0 bridgehead atoms. The first-order chi connectivity index (χ1) is 12.9. The van der Waals surface area contributed by atoms with E-state index in [9.17, 15) is 13.2 Å². The van der Waals surface area contributed by atoms with Gasteiger partial charge in [-0.3, -0.25) is 4.79 Å². The number of methoxy groups -OCH3 is 1. The van der Waals surface area contributed by atoms with Crippen molar-refractivity contribution in [3.8, 4) is 17.2 Å². The molecule has 0 unspecified atom stereocenters. The molecule has 2 aromatic rings. The molecule has 27 heavy (non-hydrogen) atoms. The van der Waals surface area contributed by atoms with Crippen molar-refractivity contribution >= 4 is 21.6 Å². The predicted molar refractivity (Wildman–Crippen MR) is 99.4 cm³/mol. The van der Waals surface area contributed by atoms with Gasteiger partial charge in [0, 0.05) is 11.3 Å². The maximum Gasteiger partial charge on any atom is 0.255 e. The van der Waals surface area contributed by atoms with E-state index in [1.54, 1.807) is 31.2 Å². The van der Waals surface area contributed by atoms with Crippen molar-refractivity contribution in [2.45, 2.75) is 11.8 Å². The van der Waals surface area contributed by atoms with E-state index in [-0.39, 0.29) is 4.90 Å². The van der Waals surface area contributed by atoms with Crippen LogP contribution in [0.1, 0.15) is 15.9 Å². The number of amides is 1. The minimum atomic E-state index is -3.63. The molecular weight excluding hydrogens is 372 g/mol. The number of fused-ring (bicyclic) bond motifs is 1. The summed E-state index contributed by atoms with van der Waals surface area (Å²) in [6.07, 6.45) is 0. The van der Waals surface area contributed by atoms with E-state index in [0.29, 0.717) is 47.3 Å². The van der Waals surface area contributed by atoms with Crippen LogP contribution in [0.15, 0.2) is 35.2 Å². The predicted octanol–water partition coefficient (Wildman–Crippen LogP) is 1.94. The number of nitrogens with one attached hydrogen (secondary N) is 2. The maximum absolute atomic E-state index is 12.7. The molecule has 144 valence electrons. The van der Waals surface area contributed by atoms with Crippen LogP contribution in [0.3, 0.4) is 0 Å². The molecule has 1 aliphatic rings. The molecule has 1 aliphatic heterocycles. The second-order valence-electron chi connectivity index (χ2n) is 5.84. The Bertz CT molecular complexity index is 970. The fourth-order valence-electron chi connectivity index (χ4n) is 2.68. The summed E-state index contributed by atoms with van der Waals surface area (Å²) >= 11 is 0. The average molecular weight is 392 g/mol. The lowest BCUT2D eigenvalue weighted by Crippen LogP contribution is -2.20. The SMILES string of the molecule is CNS(=O)(=O)c1cc(NC(=O)c2cc(OC)c3c(c2)OCCO3)ccc1C. The zero-order valence-electron chi connectivity index (χ0n) is 15.2. The van der Waals surface area contributed by atoms with Gasteiger partial charge in [0.05, 0.1) is 12.0 Å². The number of hydrogen-bond acceptors (Lipinski definition) is 6. The van der Waals surface area contributed by atoms with Crippen LogP contribution in [0.4, 0.5) is 5.69 Å². The van der Waals surface area contributed by atoms with E-state index in [4.69, 9.17) is 14.2 Å². The van der Waals surface area contributed by atoms with E-state index in [0.717, 1.165) is 0 Å². The van der Waals surface area contributed by atoms with Crippen LogP contribution in [0.2, 0.25) is 0 Å². The topological polar surface area (TPSA) is 103 Å². The summed E-state index contributed by atoms with van der Waals surface area (Å²) in [6, 6.07) is 7.78. The first kappa shape index (κ1) is 19.0. The second-order valence-corrected chi connectivity index (χ2v) is 7.70. The Hall–Kier alpha value is -2.78. The van der Waals surface area contributed by atoms with Crippen LogP contribution in [-0.2, 0) is 10.0 Å². The molecule has 3 rings (SSSR count). The molecule has 0 atom stereocenters. The van der Waals surface area contributed by atoms with Gasteiger partial charge < -0.3 is 19.5 Å². The van der Waals surface area contributed by atoms with E-state index in [1.807, 2.05) is 0 Å². The summed E-state index contributed by atoms with van der Waals surface area (Å²) in [5.41, 5.74) is 1.23. The molecule has 8 nitrogen and oxygen atoms in total. The third-order valence-corrected chi connectivity index (χ3v) is 5.65. The molecule has 0 saturated heterocycles. The lowest BCUT2D eigenvalue weighted by molar-refractivity contribution is 0.102. The number of benzene rings is 2.